The molecule has 0 radical (unpaired) electrons. The number of Topliss-reactive ketones (excluding diaryl/α,β-unsaturated/α-hetero) is 1. The molecule has 10 heteroatoms. The van der Waals surface area contributed by atoms with E-state index >= 15 is 0 Å². The Labute approximate surface area is 219 Å². The van der Waals surface area contributed by atoms with Crippen molar-refractivity contribution in [3.63, 3.8) is 0 Å². The van der Waals surface area contributed by atoms with E-state index in [9.17, 15) is 18.0 Å². The summed E-state index contributed by atoms with van der Waals surface area (Å²) >= 11 is 0. The molecule has 0 N–H and O–H groups in total. The average molecular weight is 531 g/mol. The fraction of sp³-hybridized carbons (Fsp3) is 0.536. The molecule has 2 atom stereocenters. The number of hydrogen-bond donors (Lipinski definition) is 0. The van der Waals surface area contributed by atoms with E-state index in [0.29, 0.717) is 25.0 Å². The highest BCUT2D eigenvalue weighted by molar-refractivity contribution is 6.02. The molecule has 3 aromatic heterocycles. The summed E-state index contributed by atoms with van der Waals surface area (Å²) in [6.07, 6.45) is 2.43. The van der Waals surface area contributed by atoms with Crippen molar-refractivity contribution in [1.82, 2.24) is 19.5 Å². The molecular formula is C28H33F3N4O3. The molecule has 204 valence electrons. The molecular weight excluding hydrogens is 497 g/mol. The molecule has 0 amide bonds. The Morgan fingerprint density at radius 1 is 1.18 bits per heavy atom. The van der Waals surface area contributed by atoms with E-state index in [-0.39, 0.29) is 23.7 Å². The largest absolute Gasteiger partial charge is 0.468 e. The highest BCUT2D eigenvalue weighted by Gasteiger charge is 2.29. The Balaban J connectivity index is 1.06. The van der Waals surface area contributed by atoms with Gasteiger partial charge in [0.1, 0.15) is 0 Å². The first kappa shape index (κ1) is 26.6. The summed E-state index contributed by atoms with van der Waals surface area (Å²) in [7, 11) is 0. The zero-order valence-electron chi connectivity index (χ0n) is 21.5. The highest BCUT2D eigenvalue weighted by atomic mass is 19.4. The van der Waals surface area contributed by atoms with Crippen LogP contribution in [0.25, 0.3) is 5.52 Å². The lowest BCUT2D eigenvalue weighted by molar-refractivity contribution is -0.154. The van der Waals surface area contributed by atoms with Crippen LogP contribution in [0.5, 0.6) is 5.88 Å². The molecule has 2 aliphatic rings. The van der Waals surface area contributed by atoms with Gasteiger partial charge in [-0.25, -0.2) is 9.50 Å². The number of halogens is 3. The van der Waals surface area contributed by atoms with Gasteiger partial charge in [-0.1, -0.05) is 6.07 Å². The van der Waals surface area contributed by atoms with Gasteiger partial charge in [0.2, 0.25) is 5.88 Å². The third-order valence-corrected chi connectivity index (χ3v) is 7.42. The molecule has 1 saturated heterocycles. The Morgan fingerprint density at radius 2 is 2.03 bits per heavy atom. The van der Waals surface area contributed by atoms with Crippen molar-refractivity contribution in [2.75, 3.05) is 32.8 Å². The number of ketones is 1. The molecule has 2 aliphatic heterocycles. The second-order valence-corrected chi connectivity index (χ2v) is 10.4. The molecule has 5 rings (SSSR count). The lowest BCUT2D eigenvalue weighted by Crippen LogP contribution is -2.33. The quantitative estimate of drug-likeness (QED) is 0.389. The minimum atomic E-state index is -4.38. The SMILES string of the molecule is Cc1cc2c(C(=O)C[C@H]3CC[C@H](CCN4CCc5ccc(OCC(F)(F)F)nc5CC4)OC3)cccn2n1. The average Bonchev–Trinajstić information content (AvgIpc) is 3.16. The summed E-state index contributed by atoms with van der Waals surface area (Å²) in [6.45, 7) is 3.75. The van der Waals surface area contributed by atoms with E-state index in [1.165, 1.54) is 6.07 Å². The van der Waals surface area contributed by atoms with Gasteiger partial charge in [0, 0.05) is 56.0 Å². The highest BCUT2D eigenvalue weighted by Crippen LogP contribution is 2.27. The second kappa shape index (κ2) is 11.4. The molecule has 3 aromatic rings. The van der Waals surface area contributed by atoms with Crippen LogP contribution in [0.1, 0.15) is 53.0 Å². The van der Waals surface area contributed by atoms with Gasteiger partial charge in [-0.15, -0.1) is 0 Å². The van der Waals surface area contributed by atoms with Crippen molar-refractivity contribution in [2.45, 2.75) is 57.7 Å². The number of nitrogens with zero attached hydrogens (tertiary/aromatic N) is 4. The predicted molar refractivity (Wildman–Crippen MR) is 136 cm³/mol. The number of pyridine rings is 2. The van der Waals surface area contributed by atoms with Crippen LogP contribution >= 0.6 is 0 Å². The van der Waals surface area contributed by atoms with Gasteiger partial charge in [-0.05, 0) is 62.3 Å². The van der Waals surface area contributed by atoms with Crippen molar-refractivity contribution in [1.29, 1.82) is 0 Å². The molecule has 0 spiro atoms. The number of rotatable bonds is 8. The Kier molecular flexibility index (Phi) is 7.99. The first-order valence-corrected chi connectivity index (χ1v) is 13.2. The van der Waals surface area contributed by atoms with E-state index in [1.807, 2.05) is 37.4 Å². The molecule has 0 aromatic carbocycles. The van der Waals surface area contributed by atoms with Crippen LogP contribution in [-0.4, -0.2) is 70.4 Å². The topological polar surface area (TPSA) is 69.0 Å². The molecule has 0 unspecified atom stereocenters. The molecule has 1 fully saturated rings. The van der Waals surface area contributed by atoms with E-state index in [4.69, 9.17) is 9.47 Å². The minimum Gasteiger partial charge on any atom is -0.468 e. The molecule has 7 nitrogen and oxygen atoms in total. The Morgan fingerprint density at radius 3 is 2.82 bits per heavy atom. The van der Waals surface area contributed by atoms with Crippen LogP contribution in [0.15, 0.2) is 36.5 Å². The van der Waals surface area contributed by atoms with Gasteiger partial charge in [0.25, 0.3) is 0 Å². The van der Waals surface area contributed by atoms with Crippen LogP contribution in [0.3, 0.4) is 0 Å². The summed E-state index contributed by atoms with van der Waals surface area (Å²) < 4.78 is 50.1. The Bertz CT molecular complexity index is 1270. The number of carbonyl (C=O) groups excluding carboxylic acids is 1. The molecule has 0 bridgehead atoms. The maximum atomic E-state index is 13.0. The fourth-order valence-electron chi connectivity index (χ4n) is 5.39. The smallest absolute Gasteiger partial charge is 0.422 e. The van der Waals surface area contributed by atoms with E-state index < -0.39 is 12.8 Å². The molecule has 38 heavy (non-hydrogen) atoms. The summed E-state index contributed by atoms with van der Waals surface area (Å²) in [6, 6.07) is 9.03. The second-order valence-electron chi connectivity index (χ2n) is 10.4. The van der Waals surface area contributed by atoms with Crippen LogP contribution in [0.4, 0.5) is 13.2 Å². The lowest BCUT2D eigenvalue weighted by atomic mass is 9.90. The van der Waals surface area contributed by atoms with Crippen molar-refractivity contribution >= 4 is 11.3 Å². The summed E-state index contributed by atoms with van der Waals surface area (Å²) in [5.74, 6) is 0.373. The maximum Gasteiger partial charge on any atom is 0.422 e. The minimum absolute atomic E-state index is 0.0233. The number of aryl methyl sites for hydroxylation is 1. The van der Waals surface area contributed by atoms with Crippen molar-refractivity contribution in [3.05, 3.63) is 59.0 Å². The van der Waals surface area contributed by atoms with Crippen LogP contribution in [0, 0.1) is 12.8 Å². The normalized spacial score (nSPS) is 20.7. The number of alkyl halides is 3. The van der Waals surface area contributed by atoms with Gasteiger partial charge in [-0.3, -0.25) is 4.79 Å². The van der Waals surface area contributed by atoms with Crippen LogP contribution < -0.4 is 4.74 Å². The first-order valence-electron chi connectivity index (χ1n) is 13.2. The van der Waals surface area contributed by atoms with Gasteiger partial charge in [-0.2, -0.15) is 18.3 Å². The van der Waals surface area contributed by atoms with Crippen molar-refractivity contribution < 1.29 is 27.4 Å². The van der Waals surface area contributed by atoms with Crippen molar-refractivity contribution in [2.24, 2.45) is 5.92 Å². The van der Waals surface area contributed by atoms with Gasteiger partial charge in [0.15, 0.2) is 12.4 Å². The number of carbonyl (C=O) groups is 1. The van der Waals surface area contributed by atoms with Crippen molar-refractivity contribution in [3.8, 4) is 5.88 Å². The number of hydrogen-bond acceptors (Lipinski definition) is 6. The zero-order valence-corrected chi connectivity index (χ0v) is 21.5. The first-order chi connectivity index (χ1) is 18.2. The number of fused-ring (bicyclic) bond motifs is 2. The summed E-state index contributed by atoms with van der Waals surface area (Å²) in [5.41, 5.74) is 4.33. The number of ether oxygens (including phenoxy) is 2. The molecule has 0 aliphatic carbocycles. The van der Waals surface area contributed by atoms with Gasteiger partial charge < -0.3 is 14.4 Å². The third-order valence-electron chi connectivity index (χ3n) is 7.42. The lowest BCUT2D eigenvalue weighted by Gasteiger charge is -2.30. The van der Waals surface area contributed by atoms with Gasteiger partial charge >= 0.3 is 6.18 Å². The fourth-order valence-corrected chi connectivity index (χ4v) is 5.39. The maximum absolute atomic E-state index is 13.0. The van der Waals surface area contributed by atoms with Crippen LogP contribution in [-0.2, 0) is 17.6 Å². The zero-order chi connectivity index (χ0) is 26.7. The van der Waals surface area contributed by atoms with E-state index in [1.54, 1.807) is 4.52 Å². The summed E-state index contributed by atoms with van der Waals surface area (Å²) in [5, 5.41) is 4.40. The summed E-state index contributed by atoms with van der Waals surface area (Å²) in [4.78, 5) is 19.7. The molecule has 5 heterocycles. The predicted octanol–water partition coefficient (Wildman–Crippen LogP) is 4.84. The third kappa shape index (κ3) is 6.71. The van der Waals surface area contributed by atoms with Gasteiger partial charge in [0.05, 0.1) is 23.9 Å². The van der Waals surface area contributed by atoms with E-state index in [0.717, 1.165) is 67.8 Å². The van der Waals surface area contributed by atoms with E-state index in [2.05, 4.69) is 15.0 Å². The standard InChI is InChI=1S/C28H33F3N4O3/c1-19-15-25-23(3-2-11-35(25)33-19)26(36)16-20-4-6-22(37-17-20)9-13-34-12-8-21-5-7-27(32-24(21)10-14-34)38-18-28(29,30)31/h2-3,5,7,11,15,20,22H,4,6,8-10,12-14,16-18H2,1H3/t20-,22-/m1/s1. The Hall–Kier alpha value is -2.98. The van der Waals surface area contributed by atoms with Crippen LogP contribution in [0.2, 0.25) is 0 Å². The monoisotopic (exact) mass is 530 g/mol. The number of aromatic nitrogens is 3. The molecule has 0 saturated carbocycles.